The average molecular weight is 296 g/mol. The first kappa shape index (κ1) is 14.5. The molecule has 0 fully saturated rings. The number of nitrogens with zero attached hydrogens (tertiary/aromatic N) is 3. The standard InChI is InChI=1S/C7H10ClN5O4S/c1-9-18(16,17)3-2-10-6-5(13(14)15)4-11-7(8)12-6/h4,9H,2-3H2,1H3,(H,10,11,12). The molecule has 0 bridgehead atoms. The molecule has 0 aliphatic carbocycles. The maximum atomic E-state index is 11.1. The van der Waals surface area contributed by atoms with E-state index in [9.17, 15) is 18.5 Å². The second-order valence-corrected chi connectivity index (χ2v) is 5.46. The summed E-state index contributed by atoms with van der Waals surface area (Å²) in [5, 5.41) is 13.0. The molecule has 1 aromatic heterocycles. The van der Waals surface area contributed by atoms with Crippen molar-refractivity contribution in [1.82, 2.24) is 14.7 Å². The van der Waals surface area contributed by atoms with Gasteiger partial charge in [0.25, 0.3) is 0 Å². The lowest BCUT2D eigenvalue weighted by Crippen LogP contribution is -2.26. The van der Waals surface area contributed by atoms with E-state index in [1.54, 1.807) is 0 Å². The van der Waals surface area contributed by atoms with Crippen LogP contribution in [0.5, 0.6) is 0 Å². The molecule has 0 spiro atoms. The van der Waals surface area contributed by atoms with Crippen molar-refractivity contribution in [3.05, 3.63) is 21.6 Å². The third-order valence-electron chi connectivity index (χ3n) is 1.91. The van der Waals surface area contributed by atoms with Crippen molar-refractivity contribution in [3.8, 4) is 0 Å². The van der Waals surface area contributed by atoms with Gasteiger partial charge in [-0.3, -0.25) is 10.1 Å². The second-order valence-electron chi connectivity index (χ2n) is 3.08. The molecular formula is C7H10ClN5O4S. The predicted octanol–water partition coefficient (Wildman–Crippen LogP) is -0.000700. The normalized spacial score (nSPS) is 11.2. The Morgan fingerprint density at radius 1 is 1.56 bits per heavy atom. The number of sulfonamides is 1. The third kappa shape index (κ3) is 4.05. The Kier molecular flexibility index (Phi) is 4.76. The Hall–Kier alpha value is -1.52. The molecule has 1 aromatic rings. The van der Waals surface area contributed by atoms with Crippen molar-refractivity contribution in [2.45, 2.75) is 0 Å². The summed E-state index contributed by atoms with van der Waals surface area (Å²) in [5.74, 6) is -0.367. The van der Waals surface area contributed by atoms with Crippen LogP contribution in [0.1, 0.15) is 0 Å². The van der Waals surface area contributed by atoms with Crippen molar-refractivity contribution in [2.24, 2.45) is 0 Å². The highest BCUT2D eigenvalue weighted by atomic mass is 35.5. The Balaban J connectivity index is 2.78. The third-order valence-corrected chi connectivity index (χ3v) is 3.46. The molecule has 0 saturated heterocycles. The van der Waals surface area contributed by atoms with E-state index in [1.807, 2.05) is 0 Å². The number of anilines is 1. The number of halogens is 1. The molecule has 11 heteroatoms. The number of hydrogen-bond donors (Lipinski definition) is 2. The van der Waals surface area contributed by atoms with Crippen LogP contribution in [0.4, 0.5) is 11.5 Å². The number of rotatable bonds is 6. The molecule has 0 aromatic carbocycles. The lowest BCUT2D eigenvalue weighted by atomic mass is 10.5. The van der Waals surface area contributed by atoms with Crippen molar-refractivity contribution in [1.29, 1.82) is 0 Å². The lowest BCUT2D eigenvalue weighted by molar-refractivity contribution is -0.384. The SMILES string of the molecule is CNS(=O)(=O)CCNc1nc(Cl)ncc1[N+](=O)[O-]. The minimum absolute atomic E-state index is 0.0443. The first-order valence-electron chi connectivity index (χ1n) is 4.68. The summed E-state index contributed by atoms with van der Waals surface area (Å²) >= 11 is 5.50. The summed E-state index contributed by atoms with van der Waals surface area (Å²) in [5.41, 5.74) is -0.374. The van der Waals surface area contributed by atoms with Crippen molar-refractivity contribution in [2.75, 3.05) is 24.7 Å². The van der Waals surface area contributed by atoms with Crippen LogP contribution < -0.4 is 10.0 Å². The van der Waals surface area contributed by atoms with Crippen LogP contribution in [-0.2, 0) is 10.0 Å². The molecule has 1 heterocycles. The van der Waals surface area contributed by atoms with Gasteiger partial charge < -0.3 is 5.32 Å². The van der Waals surface area contributed by atoms with Crippen molar-refractivity contribution in [3.63, 3.8) is 0 Å². The van der Waals surface area contributed by atoms with Gasteiger partial charge in [-0.1, -0.05) is 0 Å². The van der Waals surface area contributed by atoms with E-state index < -0.39 is 14.9 Å². The molecule has 2 N–H and O–H groups in total. The molecule has 0 unspecified atom stereocenters. The van der Waals surface area contributed by atoms with Gasteiger partial charge in [-0.2, -0.15) is 4.98 Å². The molecule has 0 radical (unpaired) electrons. The largest absolute Gasteiger partial charge is 0.363 e. The second kappa shape index (κ2) is 5.89. The highest BCUT2D eigenvalue weighted by Gasteiger charge is 2.17. The number of nitrogens with one attached hydrogen (secondary N) is 2. The van der Waals surface area contributed by atoms with Gasteiger partial charge in [0.2, 0.25) is 21.1 Å². The lowest BCUT2D eigenvalue weighted by Gasteiger charge is -2.06. The Bertz CT molecular complexity index is 549. The fourth-order valence-corrected chi connectivity index (χ4v) is 1.73. The van der Waals surface area contributed by atoms with Crippen LogP contribution in [0.3, 0.4) is 0 Å². The van der Waals surface area contributed by atoms with Crippen LogP contribution in [0.2, 0.25) is 5.28 Å². The molecule has 100 valence electrons. The zero-order valence-electron chi connectivity index (χ0n) is 9.25. The van der Waals surface area contributed by atoms with Crippen molar-refractivity contribution >= 4 is 33.1 Å². The van der Waals surface area contributed by atoms with Crippen LogP contribution in [0, 0.1) is 10.1 Å². The van der Waals surface area contributed by atoms with E-state index in [0.29, 0.717) is 0 Å². The fourth-order valence-electron chi connectivity index (χ4n) is 1.02. The molecule has 0 atom stereocenters. The van der Waals surface area contributed by atoms with Crippen LogP contribution in [-0.4, -0.2) is 42.7 Å². The van der Waals surface area contributed by atoms with Gasteiger partial charge in [0.1, 0.15) is 6.20 Å². The highest BCUT2D eigenvalue weighted by Crippen LogP contribution is 2.21. The quantitative estimate of drug-likeness (QED) is 0.429. The Morgan fingerprint density at radius 2 is 2.22 bits per heavy atom. The summed E-state index contributed by atoms with van der Waals surface area (Å²) in [6, 6.07) is 0. The zero-order valence-corrected chi connectivity index (χ0v) is 10.8. The summed E-state index contributed by atoms with van der Waals surface area (Å²) in [6.07, 6.45) is 0.949. The van der Waals surface area contributed by atoms with Gasteiger partial charge in [-0.25, -0.2) is 18.1 Å². The van der Waals surface area contributed by atoms with E-state index in [1.165, 1.54) is 7.05 Å². The molecule has 18 heavy (non-hydrogen) atoms. The van der Waals surface area contributed by atoms with E-state index in [4.69, 9.17) is 11.6 Å². The number of nitro groups is 1. The van der Waals surface area contributed by atoms with Crippen molar-refractivity contribution < 1.29 is 13.3 Å². The minimum Gasteiger partial charge on any atom is -0.363 e. The zero-order chi connectivity index (χ0) is 13.8. The highest BCUT2D eigenvalue weighted by molar-refractivity contribution is 7.89. The van der Waals surface area contributed by atoms with Crippen LogP contribution in [0.15, 0.2) is 6.20 Å². The molecule has 0 amide bonds. The van der Waals surface area contributed by atoms with Crippen LogP contribution in [0.25, 0.3) is 0 Å². The minimum atomic E-state index is -3.39. The van der Waals surface area contributed by atoms with E-state index in [2.05, 4.69) is 20.0 Å². The Morgan fingerprint density at radius 3 is 2.78 bits per heavy atom. The van der Waals surface area contributed by atoms with Crippen LogP contribution >= 0.6 is 11.6 Å². The molecule has 9 nitrogen and oxygen atoms in total. The number of hydrogen-bond acceptors (Lipinski definition) is 7. The molecule has 1 rings (SSSR count). The summed E-state index contributed by atoms with van der Waals surface area (Å²) in [7, 11) is -2.11. The average Bonchev–Trinajstić information content (AvgIpc) is 2.28. The molecular weight excluding hydrogens is 286 g/mol. The smallest absolute Gasteiger partial charge is 0.329 e. The summed E-state index contributed by atoms with van der Waals surface area (Å²) < 4.78 is 24.4. The topological polar surface area (TPSA) is 127 Å². The predicted molar refractivity (Wildman–Crippen MR) is 65.0 cm³/mol. The van der Waals surface area contributed by atoms with Gasteiger partial charge in [-0.05, 0) is 18.6 Å². The van der Waals surface area contributed by atoms with E-state index in [-0.39, 0.29) is 29.1 Å². The molecule has 0 aliphatic rings. The van der Waals surface area contributed by atoms with Gasteiger partial charge in [0, 0.05) is 6.54 Å². The first-order chi connectivity index (χ1) is 8.35. The van der Waals surface area contributed by atoms with Gasteiger partial charge in [-0.15, -0.1) is 0 Å². The maximum Gasteiger partial charge on any atom is 0.329 e. The summed E-state index contributed by atoms with van der Waals surface area (Å²) in [6.45, 7) is -0.0443. The first-order valence-corrected chi connectivity index (χ1v) is 6.71. The van der Waals surface area contributed by atoms with Gasteiger partial charge in [0.15, 0.2) is 0 Å². The van der Waals surface area contributed by atoms with E-state index >= 15 is 0 Å². The number of aromatic nitrogens is 2. The molecule has 0 aliphatic heterocycles. The summed E-state index contributed by atoms with van der Waals surface area (Å²) in [4.78, 5) is 17.1. The maximum absolute atomic E-state index is 11.1. The Labute approximate surface area is 108 Å². The van der Waals surface area contributed by atoms with Gasteiger partial charge >= 0.3 is 5.69 Å². The fraction of sp³-hybridized carbons (Fsp3) is 0.429. The molecule has 0 saturated carbocycles. The van der Waals surface area contributed by atoms with Gasteiger partial charge in [0.05, 0.1) is 10.7 Å². The van der Waals surface area contributed by atoms with E-state index in [0.717, 1.165) is 6.20 Å². The monoisotopic (exact) mass is 295 g/mol.